The molecule has 0 amide bonds. The highest BCUT2D eigenvalue weighted by atomic mass is 16.1. The number of carbonyl (C=O) groups is 1. The molecule has 0 spiro atoms. The summed E-state index contributed by atoms with van der Waals surface area (Å²) in [4.78, 5) is 12.7. The first kappa shape index (κ1) is 14.5. The Morgan fingerprint density at radius 1 is 0.952 bits per heavy atom. The Kier molecular flexibility index (Phi) is 4.49. The summed E-state index contributed by atoms with van der Waals surface area (Å²) in [6.07, 6.45) is 0. The van der Waals surface area contributed by atoms with Crippen molar-refractivity contribution in [2.75, 3.05) is 0 Å². The predicted molar refractivity (Wildman–Crippen MR) is 79.4 cm³/mol. The highest BCUT2D eigenvalue weighted by Crippen LogP contribution is 2.28. The van der Waals surface area contributed by atoms with E-state index in [-0.39, 0.29) is 5.78 Å². The fraction of sp³-hybridized carbons (Fsp3) is 0.167. The fourth-order valence-corrected chi connectivity index (χ4v) is 2.23. The van der Waals surface area contributed by atoms with E-state index in [0.29, 0.717) is 11.1 Å². The molecular weight excluding hydrogens is 260 g/mol. The molecule has 0 saturated heterocycles. The number of nitrogens with zero attached hydrogens (tertiary/aromatic N) is 2. The lowest BCUT2D eigenvalue weighted by Crippen LogP contribution is -2.20. The van der Waals surface area contributed by atoms with E-state index in [1.54, 1.807) is 24.3 Å². The molecule has 0 aromatic heterocycles. The van der Waals surface area contributed by atoms with Crippen molar-refractivity contribution in [1.29, 1.82) is 10.5 Å². The molecule has 0 aliphatic carbocycles. The zero-order valence-electron chi connectivity index (χ0n) is 11.7. The van der Waals surface area contributed by atoms with Gasteiger partial charge in [0.25, 0.3) is 0 Å². The van der Waals surface area contributed by atoms with Crippen molar-refractivity contribution < 1.29 is 4.79 Å². The van der Waals surface area contributed by atoms with Gasteiger partial charge in [-0.05, 0) is 12.5 Å². The largest absolute Gasteiger partial charge is 0.293 e. The van der Waals surface area contributed by atoms with E-state index in [9.17, 15) is 15.3 Å². The van der Waals surface area contributed by atoms with Crippen molar-refractivity contribution in [2.24, 2.45) is 5.92 Å². The van der Waals surface area contributed by atoms with Crippen LogP contribution >= 0.6 is 0 Å². The Morgan fingerprint density at radius 2 is 1.52 bits per heavy atom. The smallest absolute Gasteiger partial charge is 0.172 e. The maximum Gasteiger partial charge on any atom is 0.172 e. The van der Waals surface area contributed by atoms with Crippen LogP contribution in [0.2, 0.25) is 0 Å². The molecule has 102 valence electrons. The average molecular weight is 274 g/mol. The van der Waals surface area contributed by atoms with Gasteiger partial charge < -0.3 is 0 Å². The Balaban J connectivity index is 2.47. The summed E-state index contributed by atoms with van der Waals surface area (Å²) in [7, 11) is 0. The molecule has 2 aromatic rings. The van der Waals surface area contributed by atoms with Gasteiger partial charge in [0.05, 0.1) is 18.1 Å². The Morgan fingerprint density at radius 3 is 2.05 bits per heavy atom. The van der Waals surface area contributed by atoms with Crippen LogP contribution in [0.25, 0.3) is 0 Å². The minimum Gasteiger partial charge on any atom is -0.293 e. The van der Waals surface area contributed by atoms with Crippen LogP contribution in [0.5, 0.6) is 0 Å². The molecule has 2 rings (SSSR count). The number of carbonyl (C=O) groups excluding carboxylic acids is 1. The lowest BCUT2D eigenvalue weighted by atomic mass is 9.81. The van der Waals surface area contributed by atoms with E-state index in [1.165, 1.54) is 0 Å². The predicted octanol–water partition coefficient (Wildman–Crippen LogP) is 3.62. The Bertz CT molecular complexity index is 692. The van der Waals surface area contributed by atoms with Crippen molar-refractivity contribution in [3.05, 3.63) is 71.3 Å². The van der Waals surface area contributed by atoms with Crippen LogP contribution in [0, 0.1) is 35.5 Å². The molecule has 0 aliphatic heterocycles. The number of aryl methyl sites for hydroxylation is 1. The van der Waals surface area contributed by atoms with Crippen LogP contribution < -0.4 is 0 Å². The zero-order valence-corrected chi connectivity index (χ0v) is 11.7. The molecule has 0 saturated carbocycles. The van der Waals surface area contributed by atoms with Crippen molar-refractivity contribution in [3.63, 3.8) is 0 Å². The third kappa shape index (κ3) is 3.16. The number of Topliss-reactive ketones (excluding diaryl/α,β-unsaturated/α-hetero) is 1. The van der Waals surface area contributed by atoms with Gasteiger partial charge >= 0.3 is 0 Å². The molecule has 2 aromatic carbocycles. The van der Waals surface area contributed by atoms with Crippen LogP contribution in [-0.2, 0) is 0 Å². The van der Waals surface area contributed by atoms with Crippen molar-refractivity contribution in [1.82, 2.24) is 0 Å². The number of hydrogen-bond acceptors (Lipinski definition) is 3. The monoisotopic (exact) mass is 274 g/mol. The van der Waals surface area contributed by atoms with Gasteiger partial charge in [-0.1, -0.05) is 60.2 Å². The van der Waals surface area contributed by atoms with Crippen LogP contribution in [-0.4, -0.2) is 5.78 Å². The maximum absolute atomic E-state index is 12.7. The Hall–Kier alpha value is -2.91. The lowest BCUT2D eigenvalue weighted by molar-refractivity contribution is 0.0950. The van der Waals surface area contributed by atoms with Crippen molar-refractivity contribution in [2.45, 2.75) is 12.8 Å². The molecule has 1 unspecified atom stereocenters. The molecule has 0 bridgehead atoms. The normalized spacial score (nSPS) is 11.4. The van der Waals surface area contributed by atoms with Crippen LogP contribution in [0.1, 0.15) is 27.4 Å². The molecule has 3 heteroatoms. The minimum absolute atomic E-state index is 0.201. The van der Waals surface area contributed by atoms with E-state index in [1.807, 2.05) is 49.4 Å². The van der Waals surface area contributed by atoms with Crippen LogP contribution in [0.3, 0.4) is 0 Å². The van der Waals surface area contributed by atoms with Crippen molar-refractivity contribution in [3.8, 4) is 12.1 Å². The number of benzene rings is 2. The number of rotatable bonds is 4. The SMILES string of the molecule is Cc1ccc(C(C(=O)c2ccccc2)C(C#N)C#N)cc1. The second-order valence-corrected chi connectivity index (χ2v) is 4.85. The molecule has 21 heavy (non-hydrogen) atoms. The van der Waals surface area contributed by atoms with Crippen molar-refractivity contribution >= 4 is 5.78 Å². The third-order valence-corrected chi connectivity index (χ3v) is 3.39. The zero-order chi connectivity index (χ0) is 15.2. The van der Waals surface area contributed by atoms with Gasteiger partial charge in [-0.25, -0.2) is 0 Å². The summed E-state index contributed by atoms with van der Waals surface area (Å²) in [5.41, 5.74) is 2.27. The van der Waals surface area contributed by atoms with E-state index in [2.05, 4.69) is 0 Å². The summed E-state index contributed by atoms with van der Waals surface area (Å²) in [5.74, 6) is -1.96. The van der Waals surface area contributed by atoms with E-state index < -0.39 is 11.8 Å². The second-order valence-electron chi connectivity index (χ2n) is 4.85. The van der Waals surface area contributed by atoms with Gasteiger partial charge in [0.2, 0.25) is 0 Å². The highest BCUT2D eigenvalue weighted by molar-refractivity contribution is 6.01. The van der Waals surface area contributed by atoms with Crippen LogP contribution in [0.15, 0.2) is 54.6 Å². The number of ketones is 1. The first-order chi connectivity index (χ1) is 10.2. The summed E-state index contributed by atoms with van der Waals surface area (Å²) < 4.78 is 0. The third-order valence-electron chi connectivity index (χ3n) is 3.39. The average Bonchev–Trinajstić information content (AvgIpc) is 2.54. The van der Waals surface area contributed by atoms with Crippen LogP contribution in [0.4, 0.5) is 0 Å². The molecule has 0 radical (unpaired) electrons. The molecular formula is C18H14N2O. The highest BCUT2D eigenvalue weighted by Gasteiger charge is 2.30. The number of hydrogen-bond donors (Lipinski definition) is 0. The number of nitriles is 2. The van der Waals surface area contributed by atoms with E-state index >= 15 is 0 Å². The first-order valence-electron chi connectivity index (χ1n) is 6.62. The lowest BCUT2D eigenvalue weighted by Gasteiger charge is -2.17. The minimum atomic E-state index is -1.000. The van der Waals surface area contributed by atoms with E-state index in [4.69, 9.17) is 0 Å². The van der Waals surface area contributed by atoms with Gasteiger partial charge in [-0.2, -0.15) is 10.5 Å². The molecule has 1 atom stereocenters. The second kappa shape index (κ2) is 6.50. The van der Waals surface area contributed by atoms with Gasteiger partial charge in [-0.3, -0.25) is 4.79 Å². The molecule has 3 nitrogen and oxygen atoms in total. The molecule has 0 fully saturated rings. The first-order valence-corrected chi connectivity index (χ1v) is 6.62. The topological polar surface area (TPSA) is 64.7 Å². The quantitative estimate of drug-likeness (QED) is 0.800. The van der Waals surface area contributed by atoms with Gasteiger partial charge in [0, 0.05) is 5.56 Å². The molecule has 0 aliphatic rings. The van der Waals surface area contributed by atoms with Gasteiger partial charge in [-0.15, -0.1) is 0 Å². The van der Waals surface area contributed by atoms with Gasteiger partial charge in [0.15, 0.2) is 5.78 Å². The maximum atomic E-state index is 12.7. The fourth-order valence-electron chi connectivity index (χ4n) is 2.23. The summed E-state index contributed by atoms with van der Waals surface area (Å²) in [6, 6.07) is 20.0. The molecule has 0 N–H and O–H groups in total. The standard InChI is InChI=1S/C18H14N2O/c1-13-7-9-14(10-8-13)17(16(11-19)12-20)18(21)15-5-3-2-4-6-15/h2-10,16-17H,1H3. The van der Waals surface area contributed by atoms with Gasteiger partial charge in [0.1, 0.15) is 5.92 Å². The summed E-state index contributed by atoms with van der Waals surface area (Å²) >= 11 is 0. The van der Waals surface area contributed by atoms with E-state index in [0.717, 1.165) is 5.56 Å². The Labute approximate surface area is 124 Å². The summed E-state index contributed by atoms with van der Waals surface area (Å²) in [5, 5.41) is 18.4. The summed E-state index contributed by atoms with van der Waals surface area (Å²) in [6.45, 7) is 1.95. The molecule has 0 heterocycles.